The second-order valence-corrected chi connectivity index (χ2v) is 8.89. The van der Waals surface area contributed by atoms with E-state index in [0.29, 0.717) is 11.4 Å². The number of amides is 1. The molecule has 5 rings (SSSR count). The van der Waals surface area contributed by atoms with Crippen molar-refractivity contribution in [3.63, 3.8) is 0 Å². The van der Waals surface area contributed by atoms with E-state index in [1.54, 1.807) is 11.1 Å². The van der Waals surface area contributed by atoms with E-state index in [-0.39, 0.29) is 29.5 Å². The fraction of sp³-hybridized carbons (Fsp3) is 0.348. The van der Waals surface area contributed by atoms with Crippen molar-refractivity contribution in [2.75, 3.05) is 4.90 Å². The molecular weight excluding hydrogens is 432 g/mol. The molecule has 3 heterocycles. The minimum absolute atomic E-state index is 0.0619. The fourth-order valence-corrected chi connectivity index (χ4v) is 4.91. The Morgan fingerprint density at radius 3 is 2.55 bits per heavy atom. The number of benzene rings is 1. The number of carbonyl (C=O) groups excluding carboxylic acids is 2. The Kier molecular flexibility index (Phi) is 4.54. The lowest BCUT2D eigenvalue weighted by Gasteiger charge is -2.35. The maximum atomic E-state index is 13.5. The summed E-state index contributed by atoms with van der Waals surface area (Å²) in [6.45, 7) is 1.95. The number of hydrogen-bond donors (Lipinski definition) is 0. The van der Waals surface area contributed by atoms with Gasteiger partial charge in [0.25, 0.3) is 5.91 Å². The quantitative estimate of drug-likeness (QED) is 0.664. The second-order valence-electron chi connectivity index (χ2n) is 7.98. The molecule has 3 atom stereocenters. The smallest absolute Gasteiger partial charge is 0.295 e. The number of nitrogens with zero attached hydrogens (tertiary/aromatic N) is 2. The molecule has 1 amide bonds. The lowest BCUT2D eigenvalue weighted by atomic mass is 9.77. The normalized spacial score (nSPS) is 26.3. The maximum Gasteiger partial charge on any atom is 0.295 e. The lowest BCUT2D eigenvalue weighted by Crippen LogP contribution is -2.39. The Bertz CT molecular complexity index is 1010. The SMILES string of the molecule is Cc1ccc(N2C(=O)C3=C(C(=O)C4CCCCC4O3)C2c2ccc(Br)cc2)nc1. The number of aryl methyl sites for hydroxylation is 1. The Labute approximate surface area is 177 Å². The van der Waals surface area contributed by atoms with Gasteiger partial charge in [0.15, 0.2) is 11.5 Å². The highest BCUT2D eigenvalue weighted by Gasteiger charge is 2.52. The number of aromatic nitrogens is 1. The van der Waals surface area contributed by atoms with Gasteiger partial charge in [0.05, 0.1) is 17.5 Å². The highest BCUT2D eigenvalue weighted by atomic mass is 79.9. The molecule has 148 valence electrons. The number of anilines is 1. The predicted molar refractivity (Wildman–Crippen MR) is 112 cm³/mol. The summed E-state index contributed by atoms with van der Waals surface area (Å²) < 4.78 is 7.12. The highest BCUT2D eigenvalue weighted by Crippen LogP contribution is 2.47. The van der Waals surface area contributed by atoms with Gasteiger partial charge in [0.1, 0.15) is 11.9 Å². The second kappa shape index (κ2) is 7.10. The molecule has 0 radical (unpaired) electrons. The van der Waals surface area contributed by atoms with E-state index < -0.39 is 6.04 Å². The molecule has 6 heteroatoms. The van der Waals surface area contributed by atoms with Crippen LogP contribution in [0.5, 0.6) is 0 Å². The summed E-state index contributed by atoms with van der Waals surface area (Å²) in [5.41, 5.74) is 2.37. The van der Waals surface area contributed by atoms with E-state index in [0.717, 1.165) is 41.3 Å². The van der Waals surface area contributed by atoms with Crippen LogP contribution in [0.3, 0.4) is 0 Å². The van der Waals surface area contributed by atoms with Crippen molar-refractivity contribution in [1.82, 2.24) is 4.98 Å². The van der Waals surface area contributed by atoms with Crippen LogP contribution in [0, 0.1) is 12.8 Å². The van der Waals surface area contributed by atoms with Gasteiger partial charge in [-0.2, -0.15) is 0 Å². The highest BCUT2D eigenvalue weighted by molar-refractivity contribution is 9.10. The number of ketones is 1. The molecule has 1 fully saturated rings. The number of hydrogen-bond acceptors (Lipinski definition) is 4. The predicted octanol–water partition coefficient (Wildman–Crippen LogP) is 4.65. The van der Waals surface area contributed by atoms with Gasteiger partial charge in [-0.1, -0.05) is 40.5 Å². The summed E-state index contributed by atoms with van der Waals surface area (Å²) in [5, 5.41) is 0. The van der Waals surface area contributed by atoms with Crippen LogP contribution in [0.15, 0.2) is 58.4 Å². The largest absolute Gasteiger partial charge is 0.483 e. The summed E-state index contributed by atoms with van der Waals surface area (Å²) in [5.74, 6) is 0.378. The first-order valence-corrected chi connectivity index (χ1v) is 10.8. The van der Waals surface area contributed by atoms with Gasteiger partial charge >= 0.3 is 0 Å². The molecule has 1 aliphatic carbocycles. The van der Waals surface area contributed by atoms with E-state index in [2.05, 4.69) is 20.9 Å². The Balaban J connectivity index is 1.65. The van der Waals surface area contributed by atoms with E-state index in [4.69, 9.17) is 4.74 Å². The zero-order valence-corrected chi connectivity index (χ0v) is 17.7. The molecule has 1 aromatic heterocycles. The first-order valence-electron chi connectivity index (χ1n) is 10.0. The number of pyridine rings is 1. The molecule has 2 aliphatic heterocycles. The zero-order valence-electron chi connectivity index (χ0n) is 16.1. The Hall–Kier alpha value is -2.47. The van der Waals surface area contributed by atoms with Crippen molar-refractivity contribution < 1.29 is 14.3 Å². The molecular formula is C23H21BrN2O3. The average molecular weight is 453 g/mol. The Morgan fingerprint density at radius 2 is 1.83 bits per heavy atom. The summed E-state index contributed by atoms with van der Waals surface area (Å²) in [4.78, 5) is 33.1. The molecule has 5 nitrogen and oxygen atoms in total. The van der Waals surface area contributed by atoms with Gasteiger partial charge in [-0.3, -0.25) is 14.5 Å². The number of rotatable bonds is 2. The third kappa shape index (κ3) is 3.01. The minimum atomic E-state index is -0.517. The van der Waals surface area contributed by atoms with Gasteiger partial charge in [-0.05, 0) is 55.5 Å². The van der Waals surface area contributed by atoms with E-state index >= 15 is 0 Å². The van der Waals surface area contributed by atoms with Crippen LogP contribution in [-0.2, 0) is 14.3 Å². The summed E-state index contributed by atoms with van der Waals surface area (Å²) in [7, 11) is 0. The molecule has 3 unspecified atom stereocenters. The van der Waals surface area contributed by atoms with Crippen LogP contribution >= 0.6 is 15.9 Å². The van der Waals surface area contributed by atoms with E-state index in [9.17, 15) is 9.59 Å². The van der Waals surface area contributed by atoms with Crippen molar-refractivity contribution >= 4 is 33.4 Å². The van der Waals surface area contributed by atoms with Crippen LogP contribution in [0.4, 0.5) is 5.82 Å². The molecule has 2 aromatic rings. The van der Waals surface area contributed by atoms with Gasteiger partial charge in [-0.25, -0.2) is 4.98 Å². The molecule has 0 saturated heterocycles. The molecule has 1 saturated carbocycles. The zero-order chi connectivity index (χ0) is 20.1. The minimum Gasteiger partial charge on any atom is -0.483 e. The van der Waals surface area contributed by atoms with Crippen LogP contribution in [-0.4, -0.2) is 22.8 Å². The molecule has 0 spiro atoms. The number of Topliss-reactive ketones (excluding diaryl/α,β-unsaturated/α-hetero) is 1. The molecule has 1 aromatic carbocycles. The number of fused-ring (bicyclic) bond motifs is 1. The van der Waals surface area contributed by atoms with Crippen LogP contribution < -0.4 is 4.90 Å². The fourth-order valence-electron chi connectivity index (χ4n) is 4.64. The first-order chi connectivity index (χ1) is 14.0. The van der Waals surface area contributed by atoms with Crippen molar-refractivity contribution in [3.05, 3.63) is 69.5 Å². The summed E-state index contributed by atoms with van der Waals surface area (Å²) in [6.07, 6.45) is 5.26. The van der Waals surface area contributed by atoms with Gasteiger partial charge in [-0.15, -0.1) is 0 Å². The molecule has 0 bridgehead atoms. The van der Waals surface area contributed by atoms with Gasteiger partial charge in [0.2, 0.25) is 0 Å². The first kappa shape index (κ1) is 18.6. The number of ether oxygens (including phenoxy) is 1. The summed E-state index contributed by atoms with van der Waals surface area (Å²) >= 11 is 3.46. The topological polar surface area (TPSA) is 59.5 Å². The third-order valence-electron chi connectivity index (χ3n) is 6.09. The van der Waals surface area contributed by atoms with E-state index in [1.807, 2.05) is 43.3 Å². The monoisotopic (exact) mass is 452 g/mol. The van der Waals surface area contributed by atoms with Crippen LogP contribution in [0.25, 0.3) is 0 Å². The van der Waals surface area contributed by atoms with Crippen molar-refractivity contribution in [3.8, 4) is 0 Å². The van der Waals surface area contributed by atoms with Gasteiger partial charge < -0.3 is 4.74 Å². The summed E-state index contributed by atoms with van der Waals surface area (Å²) in [6, 6.07) is 11.0. The van der Waals surface area contributed by atoms with Crippen molar-refractivity contribution in [2.24, 2.45) is 5.92 Å². The lowest BCUT2D eigenvalue weighted by molar-refractivity contribution is -0.131. The van der Waals surface area contributed by atoms with Crippen LogP contribution in [0.1, 0.15) is 42.9 Å². The van der Waals surface area contributed by atoms with Crippen molar-refractivity contribution in [2.45, 2.75) is 44.8 Å². The maximum absolute atomic E-state index is 13.5. The average Bonchev–Trinajstić information content (AvgIpc) is 3.02. The third-order valence-corrected chi connectivity index (χ3v) is 6.62. The van der Waals surface area contributed by atoms with Crippen molar-refractivity contribution in [1.29, 1.82) is 0 Å². The van der Waals surface area contributed by atoms with Gasteiger partial charge in [0, 0.05) is 10.7 Å². The molecule has 29 heavy (non-hydrogen) atoms. The number of carbonyl (C=O) groups is 2. The Morgan fingerprint density at radius 1 is 1.07 bits per heavy atom. The standard InChI is InChI=1S/C23H21BrN2O3/c1-13-6-11-18(25-12-13)26-20(14-7-9-15(24)10-8-14)19-21(27)16-4-2-3-5-17(16)29-22(19)23(26)28/h6-12,16-17,20H,2-5H2,1H3. The van der Waals surface area contributed by atoms with Crippen LogP contribution in [0.2, 0.25) is 0 Å². The number of halogens is 1. The molecule has 0 N–H and O–H groups in total. The molecule has 3 aliphatic rings. The van der Waals surface area contributed by atoms with E-state index in [1.165, 1.54) is 0 Å².